The van der Waals surface area contributed by atoms with Crippen LogP contribution >= 0.6 is 27.5 Å². The first kappa shape index (κ1) is 11.6. The van der Waals surface area contributed by atoms with E-state index >= 15 is 0 Å². The van der Waals surface area contributed by atoms with Gasteiger partial charge in [-0.15, -0.1) is 0 Å². The molecule has 0 fully saturated rings. The Labute approximate surface area is 115 Å². The number of hydrogen-bond acceptors (Lipinski definition) is 2. The van der Waals surface area contributed by atoms with Crippen molar-refractivity contribution in [2.24, 2.45) is 0 Å². The lowest BCUT2D eigenvalue weighted by atomic mass is 10.1. The van der Waals surface area contributed by atoms with Gasteiger partial charge in [0, 0.05) is 11.8 Å². The van der Waals surface area contributed by atoms with E-state index in [9.17, 15) is 4.39 Å². The highest BCUT2D eigenvalue weighted by Crippen LogP contribution is 2.30. The van der Waals surface area contributed by atoms with Crippen molar-refractivity contribution in [2.45, 2.75) is 0 Å². The van der Waals surface area contributed by atoms with Crippen molar-refractivity contribution in [3.8, 4) is 11.3 Å². The van der Waals surface area contributed by atoms with Gasteiger partial charge >= 0.3 is 0 Å². The average molecular weight is 327 g/mol. The van der Waals surface area contributed by atoms with Gasteiger partial charge in [-0.2, -0.15) is 5.10 Å². The lowest BCUT2D eigenvalue weighted by Crippen LogP contribution is -1.88. The molecule has 18 heavy (non-hydrogen) atoms. The molecule has 0 radical (unpaired) electrons. The molecule has 0 atom stereocenters. The van der Waals surface area contributed by atoms with Gasteiger partial charge in [0.05, 0.1) is 4.47 Å². The van der Waals surface area contributed by atoms with Crippen LogP contribution in [0, 0.1) is 5.82 Å². The van der Waals surface area contributed by atoms with Crippen molar-refractivity contribution in [3.05, 3.63) is 52.0 Å². The zero-order valence-electron chi connectivity index (χ0n) is 8.94. The molecule has 0 spiro atoms. The zero-order chi connectivity index (χ0) is 12.7. The molecule has 3 nitrogen and oxygen atoms in total. The number of nitrogens with zero attached hydrogens (tertiary/aromatic N) is 3. The minimum atomic E-state index is -0.303. The van der Waals surface area contributed by atoms with E-state index in [2.05, 4.69) is 26.0 Å². The Balaban J connectivity index is 2.27. The summed E-state index contributed by atoms with van der Waals surface area (Å²) in [5, 5.41) is 4.73. The number of benzene rings is 1. The fraction of sp³-hybridized carbons (Fsp3) is 0. The molecule has 0 amide bonds. The highest BCUT2D eigenvalue weighted by atomic mass is 79.9. The quantitative estimate of drug-likeness (QED) is 0.634. The van der Waals surface area contributed by atoms with Gasteiger partial charge in [0.15, 0.2) is 5.65 Å². The van der Waals surface area contributed by atoms with Gasteiger partial charge in [-0.25, -0.2) is 13.9 Å². The van der Waals surface area contributed by atoms with Crippen molar-refractivity contribution < 1.29 is 4.39 Å². The fourth-order valence-corrected chi connectivity index (χ4v) is 2.42. The third-order valence-corrected chi connectivity index (χ3v) is 3.43. The van der Waals surface area contributed by atoms with Crippen molar-refractivity contribution in [2.75, 3.05) is 0 Å². The molecule has 2 aromatic heterocycles. The van der Waals surface area contributed by atoms with Crippen molar-refractivity contribution in [1.82, 2.24) is 14.6 Å². The Morgan fingerprint density at radius 3 is 2.89 bits per heavy atom. The molecule has 0 saturated heterocycles. The Kier molecular flexibility index (Phi) is 2.80. The van der Waals surface area contributed by atoms with E-state index in [4.69, 9.17) is 11.6 Å². The first-order chi connectivity index (χ1) is 8.65. The lowest BCUT2D eigenvalue weighted by molar-refractivity contribution is 0.628. The molecule has 0 N–H and O–H groups in total. The van der Waals surface area contributed by atoms with Crippen LogP contribution < -0.4 is 0 Å². The van der Waals surface area contributed by atoms with E-state index in [0.717, 1.165) is 0 Å². The van der Waals surface area contributed by atoms with Crippen molar-refractivity contribution in [1.29, 1.82) is 0 Å². The third kappa shape index (κ3) is 1.89. The molecule has 0 bridgehead atoms. The van der Waals surface area contributed by atoms with Crippen LogP contribution in [-0.4, -0.2) is 14.6 Å². The molecule has 3 aromatic rings. The van der Waals surface area contributed by atoms with E-state index in [1.54, 1.807) is 28.9 Å². The summed E-state index contributed by atoms with van der Waals surface area (Å²) in [7, 11) is 0. The van der Waals surface area contributed by atoms with Crippen LogP contribution in [0.5, 0.6) is 0 Å². The average Bonchev–Trinajstić information content (AvgIpc) is 2.67. The Morgan fingerprint density at radius 1 is 1.28 bits per heavy atom. The van der Waals surface area contributed by atoms with Gasteiger partial charge in [0.1, 0.15) is 16.7 Å². The first-order valence-electron chi connectivity index (χ1n) is 5.11. The van der Waals surface area contributed by atoms with E-state index in [1.165, 1.54) is 12.1 Å². The van der Waals surface area contributed by atoms with Gasteiger partial charge in [0.25, 0.3) is 0 Å². The van der Waals surface area contributed by atoms with Crippen LogP contribution in [-0.2, 0) is 0 Å². The highest BCUT2D eigenvalue weighted by Gasteiger charge is 2.13. The Hall–Kier alpha value is -1.46. The fourth-order valence-electron chi connectivity index (χ4n) is 1.70. The van der Waals surface area contributed by atoms with Crippen molar-refractivity contribution >= 4 is 33.2 Å². The molecule has 0 aliphatic rings. The third-order valence-electron chi connectivity index (χ3n) is 2.49. The summed E-state index contributed by atoms with van der Waals surface area (Å²) >= 11 is 9.26. The van der Waals surface area contributed by atoms with Gasteiger partial charge in [0.2, 0.25) is 0 Å². The smallest absolute Gasteiger partial charge is 0.171 e. The molecule has 90 valence electrons. The molecule has 0 aliphatic carbocycles. The van der Waals surface area contributed by atoms with E-state index < -0.39 is 0 Å². The molecular formula is C12H6BrClFN3. The van der Waals surface area contributed by atoms with Crippen LogP contribution in [0.15, 0.2) is 41.0 Å². The summed E-state index contributed by atoms with van der Waals surface area (Å²) in [6, 6.07) is 7.89. The van der Waals surface area contributed by atoms with Crippen LogP contribution in [0.2, 0.25) is 5.15 Å². The SMILES string of the molecule is Fc1cccc(-c2nn3ccc(Cl)nc3c2Br)c1. The highest BCUT2D eigenvalue weighted by molar-refractivity contribution is 9.10. The molecule has 6 heteroatoms. The predicted molar refractivity (Wildman–Crippen MR) is 71.1 cm³/mol. The topological polar surface area (TPSA) is 30.2 Å². The summed E-state index contributed by atoms with van der Waals surface area (Å²) in [6.07, 6.45) is 1.71. The number of hydrogen-bond donors (Lipinski definition) is 0. The van der Waals surface area contributed by atoms with Crippen LogP contribution in [0.1, 0.15) is 0 Å². The maximum absolute atomic E-state index is 13.2. The maximum atomic E-state index is 13.2. The van der Waals surface area contributed by atoms with Gasteiger partial charge in [-0.05, 0) is 34.1 Å². The minimum absolute atomic E-state index is 0.303. The number of fused-ring (bicyclic) bond motifs is 1. The van der Waals surface area contributed by atoms with E-state index in [-0.39, 0.29) is 5.82 Å². The minimum Gasteiger partial charge on any atom is -0.221 e. The number of rotatable bonds is 1. The molecule has 0 aliphatic heterocycles. The van der Waals surface area contributed by atoms with Crippen molar-refractivity contribution in [3.63, 3.8) is 0 Å². The first-order valence-corrected chi connectivity index (χ1v) is 6.28. The second-order valence-corrected chi connectivity index (χ2v) is 4.87. The Bertz CT molecular complexity index is 741. The van der Waals surface area contributed by atoms with E-state index in [1.807, 2.05) is 0 Å². The summed E-state index contributed by atoms with van der Waals surface area (Å²) < 4.78 is 15.5. The monoisotopic (exact) mass is 325 g/mol. The number of halogens is 3. The number of aromatic nitrogens is 3. The summed E-state index contributed by atoms with van der Waals surface area (Å²) in [5.74, 6) is -0.303. The van der Waals surface area contributed by atoms with E-state index in [0.29, 0.717) is 26.5 Å². The predicted octanol–water partition coefficient (Wildman–Crippen LogP) is 3.95. The normalized spacial score (nSPS) is 11.1. The maximum Gasteiger partial charge on any atom is 0.171 e. The summed E-state index contributed by atoms with van der Waals surface area (Å²) in [6.45, 7) is 0. The molecule has 0 saturated carbocycles. The molecule has 1 aromatic carbocycles. The molecule has 0 unspecified atom stereocenters. The van der Waals surface area contributed by atoms with Gasteiger partial charge in [-0.1, -0.05) is 23.7 Å². The van der Waals surface area contributed by atoms with Crippen LogP contribution in [0.3, 0.4) is 0 Å². The summed E-state index contributed by atoms with van der Waals surface area (Å²) in [5.41, 5.74) is 1.91. The Morgan fingerprint density at radius 2 is 2.11 bits per heavy atom. The molecule has 2 heterocycles. The molecular weight excluding hydrogens is 321 g/mol. The summed E-state index contributed by atoms with van der Waals surface area (Å²) in [4.78, 5) is 4.17. The standard InChI is InChI=1S/C12H6BrClFN3/c13-10-11(7-2-1-3-8(15)6-7)17-18-5-4-9(14)16-12(10)18/h1-6H. The van der Waals surface area contributed by atoms with Crippen LogP contribution in [0.25, 0.3) is 16.9 Å². The second kappa shape index (κ2) is 4.33. The lowest BCUT2D eigenvalue weighted by Gasteiger charge is -1.96. The second-order valence-electron chi connectivity index (χ2n) is 3.69. The van der Waals surface area contributed by atoms with Gasteiger partial charge in [-0.3, -0.25) is 0 Å². The molecule has 3 rings (SSSR count). The largest absolute Gasteiger partial charge is 0.221 e. The van der Waals surface area contributed by atoms with Gasteiger partial charge < -0.3 is 0 Å². The zero-order valence-corrected chi connectivity index (χ0v) is 11.3. The van der Waals surface area contributed by atoms with Crippen LogP contribution in [0.4, 0.5) is 4.39 Å².